The Bertz CT molecular complexity index is 1220. The highest BCUT2D eigenvalue weighted by atomic mass is 19.1. The summed E-state index contributed by atoms with van der Waals surface area (Å²) in [5.74, 6) is -2.17. The quantitative estimate of drug-likeness (QED) is 0.655. The number of tetrazole rings is 1. The highest BCUT2D eigenvalue weighted by Gasteiger charge is 2.33. The zero-order chi connectivity index (χ0) is 22.4. The normalized spacial score (nSPS) is 17.2. The molecule has 1 aromatic heterocycles. The van der Waals surface area contributed by atoms with E-state index in [1.807, 2.05) is 0 Å². The summed E-state index contributed by atoms with van der Waals surface area (Å²) in [5.41, 5.74) is 0.117. The third-order valence-electron chi connectivity index (χ3n) is 5.27. The van der Waals surface area contributed by atoms with E-state index in [0.717, 1.165) is 12.1 Å². The van der Waals surface area contributed by atoms with Gasteiger partial charge in [-0.2, -0.15) is 4.80 Å². The summed E-state index contributed by atoms with van der Waals surface area (Å²) in [6.07, 6.45) is 0.233. The molecule has 0 saturated heterocycles. The average molecular weight is 446 g/mol. The van der Waals surface area contributed by atoms with Crippen molar-refractivity contribution in [1.29, 1.82) is 0 Å². The lowest BCUT2D eigenvalue weighted by molar-refractivity contribution is -0.118. The summed E-state index contributed by atoms with van der Waals surface area (Å²) in [7, 11) is 1.61. The van der Waals surface area contributed by atoms with Crippen molar-refractivity contribution in [3.05, 3.63) is 53.1 Å². The Kier molecular flexibility index (Phi) is 4.83. The van der Waals surface area contributed by atoms with E-state index in [2.05, 4.69) is 20.7 Å². The van der Waals surface area contributed by atoms with Crippen LogP contribution >= 0.6 is 0 Å². The number of nitrogens with one attached hydrogen (secondary N) is 1. The van der Waals surface area contributed by atoms with Crippen molar-refractivity contribution in [3.63, 3.8) is 0 Å². The van der Waals surface area contributed by atoms with Gasteiger partial charge in [0.15, 0.2) is 24.1 Å². The number of aryl methyl sites for hydroxylation is 1. The molecule has 3 heterocycles. The van der Waals surface area contributed by atoms with Crippen molar-refractivity contribution in [2.45, 2.75) is 19.0 Å². The molecule has 0 saturated carbocycles. The average Bonchev–Trinajstić information content (AvgIpc) is 3.16. The summed E-state index contributed by atoms with van der Waals surface area (Å²) >= 11 is 0. The molecule has 32 heavy (non-hydrogen) atoms. The smallest absolute Gasteiger partial charge is 0.262 e. The monoisotopic (exact) mass is 446 g/mol. The van der Waals surface area contributed by atoms with Crippen LogP contribution in [0.5, 0.6) is 11.5 Å². The molecule has 1 amide bonds. The van der Waals surface area contributed by atoms with Crippen LogP contribution in [0.25, 0.3) is 0 Å². The van der Waals surface area contributed by atoms with Crippen LogP contribution in [0.15, 0.2) is 24.3 Å². The molecule has 2 aromatic carbocycles. The van der Waals surface area contributed by atoms with Crippen molar-refractivity contribution < 1.29 is 27.4 Å². The summed E-state index contributed by atoms with van der Waals surface area (Å²) in [6.45, 7) is -0.216. The lowest BCUT2D eigenvalue weighted by Gasteiger charge is -2.38. The Morgan fingerprint density at radius 2 is 2.03 bits per heavy atom. The van der Waals surface area contributed by atoms with E-state index >= 15 is 4.39 Å². The topological polar surface area (TPSA) is 94.4 Å². The maximum Gasteiger partial charge on any atom is 0.262 e. The molecule has 2 aliphatic rings. The van der Waals surface area contributed by atoms with Gasteiger partial charge in [-0.1, -0.05) is 6.07 Å². The minimum Gasteiger partial charge on any atom is -0.489 e. The van der Waals surface area contributed by atoms with Crippen LogP contribution in [0.4, 0.5) is 24.5 Å². The first-order chi connectivity index (χ1) is 15.4. The van der Waals surface area contributed by atoms with Crippen molar-refractivity contribution >= 4 is 17.3 Å². The predicted molar refractivity (Wildman–Crippen MR) is 105 cm³/mol. The number of rotatable bonds is 4. The highest BCUT2D eigenvalue weighted by molar-refractivity contribution is 5.95. The first-order valence-electron chi connectivity index (χ1n) is 9.74. The standard InChI is InChI=1S/C20H17F3N6O3/c1-28-26-16(25-27-28)6-12-8-31-15-5-11(21)4-13(22)20(15)29(12)7-10-2-3-14-19(18(10)23)24-17(30)9-32-14/h2-5,12H,6-9H2,1H3,(H,24,30)/t12-/m1/s1. The lowest BCUT2D eigenvalue weighted by Crippen LogP contribution is -2.45. The van der Waals surface area contributed by atoms with Gasteiger partial charge >= 0.3 is 0 Å². The van der Waals surface area contributed by atoms with Crippen molar-refractivity contribution in [2.24, 2.45) is 7.05 Å². The van der Waals surface area contributed by atoms with Crippen LogP contribution < -0.4 is 19.7 Å². The maximum atomic E-state index is 15.2. The van der Waals surface area contributed by atoms with Gasteiger partial charge in [0.2, 0.25) is 0 Å². The SMILES string of the molecule is Cn1nnc(C[C@@H]2COc3cc(F)cc(F)c3N2Cc2ccc3c(c2F)NC(=O)CO3)n1. The van der Waals surface area contributed by atoms with Gasteiger partial charge in [-0.15, -0.1) is 10.2 Å². The minimum absolute atomic E-state index is 0.00365. The molecule has 166 valence electrons. The Balaban J connectivity index is 1.54. The number of carbonyl (C=O) groups is 1. The minimum atomic E-state index is -0.841. The summed E-state index contributed by atoms with van der Waals surface area (Å²) < 4.78 is 54.7. The van der Waals surface area contributed by atoms with Crippen LogP contribution in [0.3, 0.4) is 0 Å². The number of nitrogens with zero attached hydrogens (tertiary/aromatic N) is 5. The predicted octanol–water partition coefficient (Wildman–Crippen LogP) is 1.97. The van der Waals surface area contributed by atoms with Gasteiger partial charge in [0.05, 0.1) is 13.1 Å². The van der Waals surface area contributed by atoms with Gasteiger partial charge in [-0.3, -0.25) is 4.79 Å². The molecule has 0 unspecified atom stereocenters. The van der Waals surface area contributed by atoms with Gasteiger partial charge in [0.1, 0.15) is 35.3 Å². The van der Waals surface area contributed by atoms with Gasteiger partial charge in [0.25, 0.3) is 5.91 Å². The Morgan fingerprint density at radius 3 is 2.81 bits per heavy atom. The van der Waals surface area contributed by atoms with Crippen LogP contribution in [0.2, 0.25) is 0 Å². The van der Waals surface area contributed by atoms with Crippen LogP contribution in [-0.4, -0.2) is 45.4 Å². The molecule has 0 aliphatic carbocycles. The van der Waals surface area contributed by atoms with Gasteiger partial charge in [-0.05, 0) is 11.3 Å². The second-order valence-corrected chi connectivity index (χ2v) is 7.47. The Labute approximate surface area is 179 Å². The number of fused-ring (bicyclic) bond motifs is 2. The van der Waals surface area contributed by atoms with E-state index in [4.69, 9.17) is 9.47 Å². The summed E-state index contributed by atoms with van der Waals surface area (Å²) in [5, 5.41) is 14.4. The van der Waals surface area contributed by atoms with Crippen molar-refractivity contribution in [3.8, 4) is 11.5 Å². The number of amides is 1. The molecule has 0 radical (unpaired) electrons. The van der Waals surface area contributed by atoms with Crippen LogP contribution in [-0.2, 0) is 24.8 Å². The molecule has 1 N–H and O–H groups in total. The van der Waals surface area contributed by atoms with Crippen LogP contribution in [0, 0.1) is 17.5 Å². The van der Waals surface area contributed by atoms with E-state index in [9.17, 15) is 13.6 Å². The van der Waals surface area contributed by atoms with Gasteiger partial charge in [-0.25, -0.2) is 13.2 Å². The largest absolute Gasteiger partial charge is 0.489 e. The van der Waals surface area contributed by atoms with Crippen molar-refractivity contribution in [1.82, 2.24) is 20.2 Å². The number of aromatic nitrogens is 4. The van der Waals surface area contributed by atoms with E-state index in [0.29, 0.717) is 5.82 Å². The molecule has 0 fully saturated rings. The number of hydrogen-bond donors (Lipinski definition) is 1. The number of ether oxygens (including phenoxy) is 2. The maximum absolute atomic E-state index is 15.2. The lowest BCUT2D eigenvalue weighted by atomic mass is 10.0. The second kappa shape index (κ2) is 7.70. The van der Waals surface area contributed by atoms with Crippen LogP contribution in [0.1, 0.15) is 11.4 Å². The van der Waals surface area contributed by atoms with Gasteiger partial charge in [0, 0.05) is 30.7 Å². The van der Waals surface area contributed by atoms with Crippen molar-refractivity contribution in [2.75, 3.05) is 23.4 Å². The number of hydrogen-bond acceptors (Lipinski definition) is 7. The molecular weight excluding hydrogens is 429 g/mol. The van der Waals surface area contributed by atoms with E-state index in [1.165, 1.54) is 16.9 Å². The third kappa shape index (κ3) is 3.57. The van der Waals surface area contributed by atoms with E-state index < -0.39 is 29.4 Å². The second-order valence-electron chi connectivity index (χ2n) is 7.47. The molecular formula is C20H17F3N6O3. The Hall–Kier alpha value is -3.83. The fraction of sp³-hybridized carbons (Fsp3) is 0.300. The third-order valence-corrected chi connectivity index (χ3v) is 5.27. The fourth-order valence-electron chi connectivity index (χ4n) is 3.85. The molecule has 12 heteroatoms. The zero-order valence-electron chi connectivity index (χ0n) is 16.8. The highest BCUT2D eigenvalue weighted by Crippen LogP contribution is 2.40. The first-order valence-corrected chi connectivity index (χ1v) is 9.74. The summed E-state index contributed by atoms with van der Waals surface area (Å²) in [4.78, 5) is 14.5. The zero-order valence-corrected chi connectivity index (χ0v) is 16.8. The Morgan fingerprint density at radius 1 is 1.19 bits per heavy atom. The number of carbonyl (C=O) groups excluding carboxylic acids is 1. The van der Waals surface area contributed by atoms with E-state index in [-0.39, 0.29) is 54.6 Å². The molecule has 3 aromatic rings. The number of benzene rings is 2. The molecule has 0 spiro atoms. The number of halogens is 3. The fourth-order valence-corrected chi connectivity index (χ4v) is 3.85. The van der Waals surface area contributed by atoms with E-state index in [1.54, 1.807) is 11.9 Å². The summed E-state index contributed by atoms with van der Waals surface area (Å²) in [6, 6.07) is 4.37. The molecule has 0 bridgehead atoms. The number of anilines is 2. The molecule has 1 atom stereocenters. The van der Waals surface area contributed by atoms with Gasteiger partial charge < -0.3 is 19.7 Å². The molecule has 5 rings (SSSR count). The first kappa shape index (κ1) is 20.1. The molecule has 2 aliphatic heterocycles. The molecule has 9 nitrogen and oxygen atoms in total.